The van der Waals surface area contributed by atoms with Crippen molar-refractivity contribution in [2.75, 3.05) is 0 Å². The summed E-state index contributed by atoms with van der Waals surface area (Å²) >= 11 is 0. The zero-order valence-corrected chi connectivity index (χ0v) is 7.79. The van der Waals surface area contributed by atoms with Crippen LogP contribution in [0.4, 0.5) is 0 Å². The van der Waals surface area contributed by atoms with Gasteiger partial charge < -0.3 is 0 Å². The summed E-state index contributed by atoms with van der Waals surface area (Å²) in [6.45, 7) is 5.80. The van der Waals surface area contributed by atoms with E-state index in [2.05, 4.69) is 11.6 Å². The Hall–Kier alpha value is -1.44. The molecule has 2 nitrogen and oxygen atoms in total. The van der Waals surface area contributed by atoms with E-state index in [1.807, 2.05) is 6.92 Å². The van der Waals surface area contributed by atoms with Gasteiger partial charge in [0.1, 0.15) is 0 Å². The minimum absolute atomic E-state index is 0.120. The Labute approximate surface area is 78.3 Å². The summed E-state index contributed by atoms with van der Waals surface area (Å²) in [5, 5.41) is 0. The Morgan fingerprint density at radius 3 is 2.62 bits per heavy atom. The highest BCUT2D eigenvalue weighted by atomic mass is 16.1. The summed E-state index contributed by atoms with van der Waals surface area (Å²) in [4.78, 5) is 15.4. The number of ketones is 1. The van der Waals surface area contributed by atoms with Gasteiger partial charge in [-0.25, -0.2) is 0 Å². The Morgan fingerprint density at radius 1 is 1.46 bits per heavy atom. The molecule has 2 heteroatoms. The first-order chi connectivity index (χ1) is 6.24. The van der Waals surface area contributed by atoms with E-state index in [-0.39, 0.29) is 5.78 Å². The van der Waals surface area contributed by atoms with Crippen molar-refractivity contribution in [2.24, 2.45) is 0 Å². The summed E-state index contributed by atoms with van der Waals surface area (Å²) in [6.07, 6.45) is 4.56. The summed E-state index contributed by atoms with van der Waals surface area (Å²) in [5.41, 5.74) is 1.69. The Morgan fingerprint density at radius 2 is 2.08 bits per heavy atom. The third-order valence-electron chi connectivity index (χ3n) is 1.91. The van der Waals surface area contributed by atoms with Crippen LogP contribution in [0.5, 0.6) is 0 Å². The molecule has 0 atom stereocenters. The molecule has 13 heavy (non-hydrogen) atoms. The van der Waals surface area contributed by atoms with Crippen LogP contribution < -0.4 is 0 Å². The first-order valence-corrected chi connectivity index (χ1v) is 4.34. The molecule has 0 radical (unpaired) electrons. The van der Waals surface area contributed by atoms with Crippen molar-refractivity contribution >= 4 is 5.78 Å². The van der Waals surface area contributed by atoms with Crippen LogP contribution in [0.2, 0.25) is 0 Å². The van der Waals surface area contributed by atoms with Crippen molar-refractivity contribution in [3.8, 4) is 0 Å². The summed E-state index contributed by atoms with van der Waals surface area (Å²) in [5.74, 6) is 0.120. The van der Waals surface area contributed by atoms with E-state index in [1.165, 1.54) is 0 Å². The van der Waals surface area contributed by atoms with Crippen LogP contribution in [-0.2, 0) is 0 Å². The summed E-state index contributed by atoms with van der Waals surface area (Å²) in [7, 11) is 0. The molecule has 0 spiro atoms. The van der Waals surface area contributed by atoms with Crippen molar-refractivity contribution < 1.29 is 4.79 Å². The second-order valence-corrected chi connectivity index (χ2v) is 2.94. The Kier molecular flexibility index (Phi) is 3.38. The molecule has 0 unspecified atom stereocenters. The summed E-state index contributed by atoms with van der Waals surface area (Å²) in [6, 6.07) is 3.45. The molecule has 0 saturated heterocycles. The van der Waals surface area contributed by atoms with Crippen LogP contribution in [0.1, 0.15) is 30.1 Å². The molecule has 1 aromatic rings. The lowest BCUT2D eigenvalue weighted by Crippen LogP contribution is -1.99. The molecule has 0 aliphatic carbocycles. The standard InChI is InChI=1S/C11H13NO/c1-3-9(2)8-11(13)10-4-6-12-7-5-10/h4-7H,2-3,8H2,1H3. The predicted octanol–water partition coefficient (Wildman–Crippen LogP) is 2.62. The fraction of sp³-hybridized carbons (Fsp3) is 0.273. The number of carbonyl (C=O) groups is 1. The van der Waals surface area contributed by atoms with Crippen molar-refractivity contribution in [1.29, 1.82) is 0 Å². The van der Waals surface area contributed by atoms with Crippen molar-refractivity contribution in [3.63, 3.8) is 0 Å². The van der Waals surface area contributed by atoms with E-state index >= 15 is 0 Å². The molecule has 1 rings (SSSR count). The van der Waals surface area contributed by atoms with Crippen LogP contribution in [0.15, 0.2) is 36.7 Å². The van der Waals surface area contributed by atoms with Gasteiger partial charge in [0, 0.05) is 24.4 Å². The Bertz CT molecular complexity index is 303. The minimum atomic E-state index is 0.120. The van der Waals surface area contributed by atoms with E-state index in [0.29, 0.717) is 12.0 Å². The number of nitrogens with zero attached hydrogens (tertiary/aromatic N) is 1. The van der Waals surface area contributed by atoms with Gasteiger partial charge in [-0.15, -0.1) is 0 Å². The van der Waals surface area contributed by atoms with E-state index in [0.717, 1.165) is 12.0 Å². The maximum atomic E-state index is 11.5. The van der Waals surface area contributed by atoms with Crippen molar-refractivity contribution in [1.82, 2.24) is 4.98 Å². The van der Waals surface area contributed by atoms with Crippen LogP contribution in [0.3, 0.4) is 0 Å². The zero-order chi connectivity index (χ0) is 9.68. The Balaban J connectivity index is 2.65. The third-order valence-corrected chi connectivity index (χ3v) is 1.91. The van der Waals surface area contributed by atoms with Gasteiger partial charge in [0.2, 0.25) is 0 Å². The van der Waals surface area contributed by atoms with Gasteiger partial charge in [-0.1, -0.05) is 19.1 Å². The molecule has 0 aliphatic rings. The lowest BCUT2D eigenvalue weighted by molar-refractivity contribution is 0.0992. The van der Waals surface area contributed by atoms with Gasteiger partial charge in [0.05, 0.1) is 0 Å². The van der Waals surface area contributed by atoms with Crippen LogP contribution in [0, 0.1) is 0 Å². The minimum Gasteiger partial charge on any atom is -0.294 e. The summed E-state index contributed by atoms with van der Waals surface area (Å²) < 4.78 is 0. The molecule has 0 bridgehead atoms. The molecule has 0 N–H and O–H groups in total. The predicted molar refractivity (Wildman–Crippen MR) is 52.6 cm³/mol. The molecular formula is C11H13NO. The van der Waals surface area contributed by atoms with Gasteiger partial charge in [-0.05, 0) is 18.6 Å². The molecule has 0 aliphatic heterocycles. The second kappa shape index (κ2) is 4.55. The first kappa shape index (κ1) is 9.65. The molecular weight excluding hydrogens is 162 g/mol. The van der Waals surface area contributed by atoms with E-state index in [1.54, 1.807) is 24.5 Å². The maximum Gasteiger partial charge on any atom is 0.166 e. The fourth-order valence-corrected chi connectivity index (χ4v) is 0.992. The monoisotopic (exact) mass is 175 g/mol. The number of pyridine rings is 1. The van der Waals surface area contributed by atoms with Crippen LogP contribution in [-0.4, -0.2) is 10.8 Å². The number of allylic oxidation sites excluding steroid dienone is 1. The quantitative estimate of drug-likeness (QED) is 0.520. The lowest BCUT2D eigenvalue weighted by Gasteiger charge is -2.00. The number of Topliss-reactive ketones (excluding diaryl/α,β-unsaturated/α-hetero) is 1. The third kappa shape index (κ3) is 2.82. The number of rotatable bonds is 4. The van der Waals surface area contributed by atoms with E-state index in [9.17, 15) is 4.79 Å². The molecule has 0 amide bonds. The number of hydrogen-bond acceptors (Lipinski definition) is 2. The van der Waals surface area contributed by atoms with Gasteiger partial charge >= 0.3 is 0 Å². The fourth-order valence-electron chi connectivity index (χ4n) is 0.992. The highest BCUT2D eigenvalue weighted by molar-refractivity contribution is 5.97. The topological polar surface area (TPSA) is 30.0 Å². The SMILES string of the molecule is C=C(CC)CC(=O)c1ccncc1. The number of carbonyl (C=O) groups excluding carboxylic acids is 1. The first-order valence-electron chi connectivity index (χ1n) is 4.34. The highest BCUT2D eigenvalue weighted by Gasteiger charge is 2.05. The number of aromatic nitrogens is 1. The second-order valence-electron chi connectivity index (χ2n) is 2.94. The molecule has 0 saturated carbocycles. The van der Waals surface area contributed by atoms with Crippen LogP contribution in [0.25, 0.3) is 0 Å². The molecule has 1 heterocycles. The smallest absolute Gasteiger partial charge is 0.166 e. The zero-order valence-electron chi connectivity index (χ0n) is 7.79. The van der Waals surface area contributed by atoms with Gasteiger partial charge in [-0.2, -0.15) is 0 Å². The largest absolute Gasteiger partial charge is 0.294 e. The number of hydrogen-bond donors (Lipinski definition) is 0. The van der Waals surface area contributed by atoms with Gasteiger partial charge in [0.25, 0.3) is 0 Å². The molecule has 1 aromatic heterocycles. The highest BCUT2D eigenvalue weighted by Crippen LogP contribution is 2.09. The average molecular weight is 175 g/mol. The average Bonchev–Trinajstić information content (AvgIpc) is 2.19. The van der Waals surface area contributed by atoms with E-state index in [4.69, 9.17) is 0 Å². The molecule has 68 valence electrons. The van der Waals surface area contributed by atoms with Crippen LogP contribution >= 0.6 is 0 Å². The van der Waals surface area contributed by atoms with E-state index < -0.39 is 0 Å². The van der Waals surface area contributed by atoms with Gasteiger partial charge in [0.15, 0.2) is 5.78 Å². The molecule has 0 fully saturated rings. The van der Waals surface area contributed by atoms with Gasteiger partial charge in [-0.3, -0.25) is 9.78 Å². The lowest BCUT2D eigenvalue weighted by atomic mass is 10.0. The van der Waals surface area contributed by atoms with Crippen molar-refractivity contribution in [3.05, 3.63) is 42.2 Å². The van der Waals surface area contributed by atoms with Crippen molar-refractivity contribution in [2.45, 2.75) is 19.8 Å². The molecule has 0 aromatic carbocycles. The normalized spacial score (nSPS) is 9.62. The maximum absolute atomic E-state index is 11.5.